The number of benzene rings is 2. The zero-order valence-corrected chi connectivity index (χ0v) is 14.9. The molecule has 0 amide bonds. The standard InChI is InChI=1S/C22H24O4/c23-21-19-11-13-20(14-12-19)22(24)26-16-6-4-10-18-8-2-1-7-17(18)9-3-5-15-25-21/h1-2,7-8,11-14H,3-6,9-10,15-16H2. The molecule has 0 fully saturated rings. The van der Waals surface area contributed by atoms with Gasteiger partial charge in [-0.1, -0.05) is 24.3 Å². The van der Waals surface area contributed by atoms with Crippen molar-refractivity contribution in [1.29, 1.82) is 0 Å². The predicted molar refractivity (Wildman–Crippen MR) is 99.3 cm³/mol. The van der Waals surface area contributed by atoms with Crippen molar-refractivity contribution in [2.24, 2.45) is 0 Å². The second kappa shape index (κ2) is 9.18. The van der Waals surface area contributed by atoms with Crippen LogP contribution in [0.3, 0.4) is 0 Å². The van der Waals surface area contributed by atoms with Gasteiger partial charge in [0.05, 0.1) is 24.3 Å². The van der Waals surface area contributed by atoms with E-state index in [2.05, 4.69) is 24.3 Å². The van der Waals surface area contributed by atoms with Gasteiger partial charge in [-0.3, -0.25) is 0 Å². The Morgan fingerprint density at radius 1 is 0.577 bits per heavy atom. The van der Waals surface area contributed by atoms with Crippen molar-refractivity contribution >= 4 is 11.9 Å². The van der Waals surface area contributed by atoms with Crippen LogP contribution in [-0.4, -0.2) is 25.2 Å². The smallest absolute Gasteiger partial charge is 0.338 e. The van der Waals surface area contributed by atoms with E-state index in [1.807, 2.05) is 0 Å². The van der Waals surface area contributed by atoms with Crippen LogP contribution in [0.25, 0.3) is 0 Å². The Balaban J connectivity index is 1.69. The minimum Gasteiger partial charge on any atom is -0.462 e. The van der Waals surface area contributed by atoms with Crippen molar-refractivity contribution < 1.29 is 19.1 Å². The minimum absolute atomic E-state index is 0.355. The van der Waals surface area contributed by atoms with Crippen molar-refractivity contribution in [2.75, 3.05) is 13.2 Å². The molecule has 0 atom stereocenters. The average Bonchev–Trinajstić information content (AvgIpc) is 2.67. The molecule has 0 N–H and O–H groups in total. The average molecular weight is 352 g/mol. The van der Waals surface area contributed by atoms with Crippen LogP contribution in [0.1, 0.15) is 57.5 Å². The van der Waals surface area contributed by atoms with Gasteiger partial charge in [0.1, 0.15) is 0 Å². The molecule has 2 aliphatic rings. The molecule has 0 unspecified atom stereocenters. The largest absolute Gasteiger partial charge is 0.462 e. The Bertz CT molecular complexity index is 685. The molecule has 0 aromatic heterocycles. The number of rotatable bonds is 0. The highest BCUT2D eigenvalue weighted by atomic mass is 16.5. The van der Waals surface area contributed by atoms with Crippen molar-refractivity contribution in [3.63, 3.8) is 0 Å². The minimum atomic E-state index is -0.355. The molecule has 2 heterocycles. The van der Waals surface area contributed by atoms with E-state index in [9.17, 15) is 9.59 Å². The summed E-state index contributed by atoms with van der Waals surface area (Å²) in [5, 5.41) is 0. The van der Waals surface area contributed by atoms with E-state index in [-0.39, 0.29) is 11.9 Å². The number of carbonyl (C=O) groups is 2. The van der Waals surface area contributed by atoms with Crippen LogP contribution >= 0.6 is 0 Å². The monoisotopic (exact) mass is 352 g/mol. The number of aryl methyl sites for hydroxylation is 2. The molecule has 0 aliphatic carbocycles. The highest BCUT2D eigenvalue weighted by Crippen LogP contribution is 2.16. The maximum Gasteiger partial charge on any atom is 0.338 e. The van der Waals surface area contributed by atoms with Crippen LogP contribution in [0.4, 0.5) is 0 Å². The molecular weight excluding hydrogens is 328 g/mol. The van der Waals surface area contributed by atoms with Crippen LogP contribution in [-0.2, 0) is 22.3 Å². The fourth-order valence-electron chi connectivity index (χ4n) is 3.12. The van der Waals surface area contributed by atoms with E-state index >= 15 is 0 Å². The van der Waals surface area contributed by atoms with E-state index in [1.165, 1.54) is 11.1 Å². The first kappa shape index (κ1) is 18.2. The Kier molecular flexibility index (Phi) is 6.42. The first-order valence-corrected chi connectivity index (χ1v) is 9.25. The molecule has 0 radical (unpaired) electrons. The van der Waals surface area contributed by atoms with Gasteiger partial charge in [-0.15, -0.1) is 0 Å². The van der Waals surface area contributed by atoms with Crippen LogP contribution in [0, 0.1) is 0 Å². The molecule has 4 heteroatoms. The molecule has 2 aromatic rings. The van der Waals surface area contributed by atoms with Gasteiger partial charge < -0.3 is 9.47 Å². The molecule has 0 saturated carbocycles. The molecule has 136 valence electrons. The predicted octanol–water partition coefficient (Wildman–Crippen LogP) is 4.36. The Labute approximate surface area is 154 Å². The SMILES string of the molecule is O=C1OCCCCc2ccccc2CCCCOC(=O)c2ccc1cc2. The van der Waals surface area contributed by atoms with Gasteiger partial charge in [-0.05, 0) is 73.9 Å². The fourth-order valence-corrected chi connectivity index (χ4v) is 3.12. The molecule has 2 aliphatic heterocycles. The molecule has 2 bridgehead atoms. The zero-order valence-electron chi connectivity index (χ0n) is 14.9. The lowest BCUT2D eigenvalue weighted by Crippen LogP contribution is -2.10. The Hall–Kier alpha value is -2.62. The van der Waals surface area contributed by atoms with Gasteiger partial charge in [-0.2, -0.15) is 0 Å². The molecular formula is C22H24O4. The lowest BCUT2D eigenvalue weighted by molar-refractivity contribution is 0.0483. The molecule has 4 nitrogen and oxygen atoms in total. The summed E-state index contributed by atoms with van der Waals surface area (Å²) in [5.41, 5.74) is 3.61. The highest BCUT2D eigenvalue weighted by Gasteiger charge is 2.11. The number of fused-ring (bicyclic) bond motifs is 12. The molecule has 26 heavy (non-hydrogen) atoms. The van der Waals surface area contributed by atoms with E-state index in [1.54, 1.807) is 24.3 Å². The van der Waals surface area contributed by atoms with Crippen molar-refractivity contribution in [3.8, 4) is 0 Å². The maximum absolute atomic E-state index is 12.1. The quantitative estimate of drug-likeness (QED) is 0.661. The van der Waals surface area contributed by atoms with Crippen molar-refractivity contribution in [2.45, 2.75) is 38.5 Å². The van der Waals surface area contributed by atoms with Crippen LogP contribution < -0.4 is 0 Å². The second-order valence-corrected chi connectivity index (χ2v) is 6.53. The van der Waals surface area contributed by atoms with Gasteiger partial charge in [0, 0.05) is 0 Å². The summed E-state index contributed by atoms with van der Waals surface area (Å²) in [6.07, 6.45) is 5.62. The first-order chi connectivity index (χ1) is 12.7. The normalized spacial score (nSPS) is 16.8. The second-order valence-electron chi connectivity index (χ2n) is 6.53. The molecule has 0 spiro atoms. The van der Waals surface area contributed by atoms with Gasteiger partial charge >= 0.3 is 11.9 Å². The van der Waals surface area contributed by atoms with E-state index < -0.39 is 0 Å². The highest BCUT2D eigenvalue weighted by molar-refractivity contribution is 5.93. The number of hydrogen-bond donors (Lipinski definition) is 0. The number of carbonyl (C=O) groups excluding carboxylic acids is 2. The number of hydrogen-bond acceptors (Lipinski definition) is 4. The summed E-state index contributed by atoms with van der Waals surface area (Å²) in [6.45, 7) is 0.815. The van der Waals surface area contributed by atoms with Crippen LogP contribution in [0.5, 0.6) is 0 Å². The van der Waals surface area contributed by atoms with Crippen LogP contribution in [0.2, 0.25) is 0 Å². The fraction of sp³-hybridized carbons (Fsp3) is 0.364. The van der Waals surface area contributed by atoms with Gasteiger partial charge in [0.25, 0.3) is 0 Å². The summed E-state index contributed by atoms with van der Waals surface area (Å²) >= 11 is 0. The third-order valence-electron chi connectivity index (χ3n) is 4.62. The first-order valence-electron chi connectivity index (χ1n) is 9.25. The maximum atomic E-state index is 12.1. The van der Waals surface area contributed by atoms with Crippen molar-refractivity contribution in [3.05, 3.63) is 70.8 Å². The summed E-state index contributed by atoms with van der Waals surface area (Å²) in [5.74, 6) is -0.710. The Morgan fingerprint density at radius 3 is 1.42 bits per heavy atom. The van der Waals surface area contributed by atoms with Gasteiger partial charge in [0.15, 0.2) is 0 Å². The van der Waals surface area contributed by atoms with Gasteiger partial charge in [-0.25, -0.2) is 9.59 Å². The zero-order chi connectivity index (χ0) is 18.2. The van der Waals surface area contributed by atoms with E-state index in [0.717, 1.165) is 38.5 Å². The summed E-state index contributed by atoms with van der Waals surface area (Å²) < 4.78 is 10.7. The van der Waals surface area contributed by atoms with Gasteiger partial charge in [0.2, 0.25) is 0 Å². The summed E-state index contributed by atoms with van der Waals surface area (Å²) in [6, 6.07) is 14.9. The molecule has 2 aromatic carbocycles. The number of esters is 2. The lowest BCUT2D eigenvalue weighted by atomic mass is 9.98. The lowest BCUT2D eigenvalue weighted by Gasteiger charge is -2.11. The topological polar surface area (TPSA) is 52.6 Å². The van der Waals surface area contributed by atoms with E-state index in [0.29, 0.717) is 24.3 Å². The molecule has 4 rings (SSSR count). The summed E-state index contributed by atoms with van der Waals surface area (Å²) in [7, 11) is 0. The number of ether oxygens (including phenoxy) is 2. The Morgan fingerprint density at radius 2 is 1.00 bits per heavy atom. The van der Waals surface area contributed by atoms with E-state index in [4.69, 9.17) is 9.47 Å². The third-order valence-corrected chi connectivity index (χ3v) is 4.62. The summed E-state index contributed by atoms with van der Waals surface area (Å²) in [4.78, 5) is 24.1. The van der Waals surface area contributed by atoms with Crippen molar-refractivity contribution in [1.82, 2.24) is 0 Å². The van der Waals surface area contributed by atoms with Crippen LogP contribution in [0.15, 0.2) is 48.5 Å². The molecule has 0 saturated heterocycles. The third kappa shape index (κ3) is 4.94.